The molecule has 1 aliphatic rings. The van der Waals surface area contributed by atoms with Crippen molar-refractivity contribution in [2.75, 3.05) is 19.3 Å². The second kappa shape index (κ2) is 6.50. The maximum absolute atomic E-state index is 14.0. The average molecular weight is 335 g/mol. The van der Waals surface area contributed by atoms with Gasteiger partial charge in [0.15, 0.2) is 5.82 Å². The number of anilines is 1. The average Bonchev–Trinajstić information content (AvgIpc) is 2.43. The van der Waals surface area contributed by atoms with Crippen molar-refractivity contribution in [1.29, 1.82) is 0 Å². The Bertz CT molecular complexity index is 616. The highest BCUT2D eigenvalue weighted by Gasteiger charge is 2.28. The van der Waals surface area contributed by atoms with Crippen LogP contribution in [0, 0.1) is 11.7 Å². The molecule has 1 aromatic carbocycles. The van der Waals surface area contributed by atoms with E-state index in [0.29, 0.717) is 12.5 Å². The molecular weight excluding hydrogens is 315 g/mol. The molecule has 1 aromatic rings. The summed E-state index contributed by atoms with van der Waals surface area (Å²) in [5.41, 5.74) is 5.20. The number of nitrogens with two attached hydrogens (primary N) is 1. The molecule has 4 nitrogen and oxygen atoms in total. The molecule has 0 bridgehead atoms. The van der Waals surface area contributed by atoms with Crippen LogP contribution in [-0.4, -0.2) is 26.3 Å². The number of nitrogen functional groups attached to an aromatic ring is 1. The molecule has 2 N–H and O–H groups in total. The maximum atomic E-state index is 14.0. The van der Waals surface area contributed by atoms with E-state index >= 15 is 0 Å². The molecule has 0 spiro atoms. The van der Waals surface area contributed by atoms with Gasteiger partial charge >= 0.3 is 0 Å². The Kier molecular flexibility index (Phi) is 5.11. The van der Waals surface area contributed by atoms with E-state index in [0.717, 1.165) is 31.7 Å². The molecule has 1 aliphatic carbocycles. The van der Waals surface area contributed by atoms with Crippen molar-refractivity contribution >= 4 is 27.3 Å². The molecule has 21 heavy (non-hydrogen) atoms. The van der Waals surface area contributed by atoms with Crippen molar-refractivity contribution in [2.45, 2.75) is 37.0 Å². The predicted molar refractivity (Wildman–Crippen MR) is 82.2 cm³/mol. The minimum Gasteiger partial charge on any atom is -0.396 e. The third-order valence-electron chi connectivity index (χ3n) is 3.96. The zero-order valence-electron chi connectivity index (χ0n) is 12.0. The number of rotatable bonds is 4. The van der Waals surface area contributed by atoms with Crippen LogP contribution in [-0.2, 0) is 10.0 Å². The van der Waals surface area contributed by atoms with Crippen LogP contribution >= 0.6 is 11.6 Å². The summed E-state index contributed by atoms with van der Waals surface area (Å²) in [5.74, 6) is -0.604. The molecular formula is C14H20ClFN2O2S. The van der Waals surface area contributed by atoms with Gasteiger partial charge in [0.1, 0.15) is 4.90 Å². The largest absolute Gasteiger partial charge is 0.396 e. The molecule has 1 saturated carbocycles. The molecule has 118 valence electrons. The summed E-state index contributed by atoms with van der Waals surface area (Å²) in [6.45, 7) is 0.397. The van der Waals surface area contributed by atoms with Crippen LogP contribution < -0.4 is 5.73 Å². The van der Waals surface area contributed by atoms with E-state index < -0.39 is 20.7 Å². The van der Waals surface area contributed by atoms with Crippen LogP contribution in [0.1, 0.15) is 32.1 Å². The first-order valence-electron chi connectivity index (χ1n) is 7.03. The van der Waals surface area contributed by atoms with Crippen LogP contribution in [0.3, 0.4) is 0 Å². The van der Waals surface area contributed by atoms with Crippen molar-refractivity contribution in [3.8, 4) is 0 Å². The van der Waals surface area contributed by atoms with Crippen molar-refractivity contribution in [3.63, 3.8) is 0 Å². The summed E-state index contributed by atoms with van der Waals surface area (Å²) in [7, 11) is -2.45. The first-order valence-corrected chi connectivity index (χ1v) is 8.85. The molecule has 0 aromatic heterocycles. The van der Waals surface area contributed by atoms with Crippen LogP contribution in [0.4, 0.5) is 10.1 Å². The van der Waals surface area contributed by atoms with Crippen molar-refractivity contribution < 1.29 is 12.8 Å². The number of nitrogens with zero attached hydrogens (tertiary/aromatic N) is 1. The van der Waals surface area contributed by atoms with Crippen LogP contribution in [0.15, 0.2) is 17.0 Å². The molecule has 1 fully saturated rings. The first-order chi connectivity index (χ1) is 9.82. The van der Waals surface area contributed by atoms with E-state index in [9.17, 15) is 12.8 Å². The third kappa shape index (κ3) is 3.67. The van der Waals surface area contributed by atoms with E-state index in [2.05, 4.69) is 0 Å². The molecule has 0 unspecified atom stereocenters. The van der Waals surface area contributed by atoms with Gasteiger partial charge in [0.2, 0.25) is 10.0 Å². The highest BCUT2D eigenvalue weighted by molar-refractivity contribution is 7.89. The summed E-state index contributed by atoms with van der Waals surface area (Å²) in [6, 6.07) is 2.32. The summed E-state index contributed by atoms with van der Waals surface area (Å²) >= 11 is 5.80. The lowest BCUT2D eigenvalue weighted by Gasteiger charge is -2.26. The van der Waals surface area contributed by atoms with Gasteiger partial charge in [-0.15, -0.1) is 0 Å². The number of sulfonamides is 1. The van der Waals surface area contributed by atoms with Crippen LogP contribution in [0.25, 0.3) is 0 Å². The van der Waals surface area contributed by atoms with E-state index in [-0.39, 0.29) is 10.7 Å². The fraction of sp³-hybridized carbons (Fsp3) is 0.571. The third-order valence-corrected chi connectivity index (χ3v) is 6.00. The lowest BCUT2D eigenvalue weighted by atomic mass is 9.89. The summed E-state index contributed by atoms with van der Waals surface area (Å²) in [6.07, 6.45) is 5.47. The minimum absolute atomic E-state index is 0.110. The zero-order chi connectivity index (χ0) is 15.6. The van der Waals surface area contributed by atoms with E-state index in [1.165, 1.54) is 23.8 Å². The van der Waals surface area contributed by atoms with Gasteiger partial charge in [-0.2, -0.15) is 0 Å². The monoisotopic (exact) mass is 334 g/mol. The van der Waals surface area contributed by atoms with Gasteiger partial charge in [-0.25, -0.2) is 17.1 Å². The Morgan fingerprint density at radius 3 is 2.57 bits per heavy atom. The minimum atomic E-state index is -3.92. The Balaban J connectivity index is 2.24. The van der Waals surface area contributed by atoms with E-state index in [1.807, 2.05) is 0 Å². The highest BCUT2D eigenvalue weighted by atomic mass is 35.5. The number of benzene rings is 1. The van der Waals surface area contributed by atoms with Gasteiger partial charge in [0.05, 0.1) is 5.69 Å². The standard InChI is InChI=1S/C14H20ClFN2O2S/c1-18(9-10-5-3-2-4-6-10)21(19,20)13-8-11(15)7-12(17)14(13)16/h7-8,10H,2-6,9,17H2,1H3. The molecule has 0 aliphatic heterocycles. The lowest BCUT2D eigenvalue weighted by Crippen LogP contribution is -2.33. The first kappa shape index (κ1) is 16.5. The molecule has 0 amide bonds. The van der Waals surface area contributed by atoms with Crippen molar-refractivity contribution in [2.24, 2.45) is 5.92 Å². The Labute approximate surface area is 130 Å². The second-order valence-corrected chi connectivity index (χ2v) is 8.05. The molecule has 0 atom stereocenters. The van der Waals surface area contributed by atoms with Crippen LogP contribution in [0.2, 0.25) is 5.02 Å². The molecule has 0 saturated heterocycles. The summed E-state index contributed by atoms with van der Waals surface area (Å²) < 4.78 is 40.2. The summed E-state index contributed by atoms with van der Waals surface area (Å²) in [4.78, 5) is -0.453. The lowest BCUT2D eigenvalue weighted by molar-refractivity contribution is 0.299. The van der Waals surface area contributed by atoms with Crippen molar-refractivity contribution in [3.05, 3.63) is 23.0 Å². The van der Waals surface area contributed by atoms with E-state index in [1.54, 1.807) is 0 Å². The van der Waals surface area contributed by atoms with Gasteiger partial charge in [-0.1, -0.05) is 30.9 Å². The topological polar surface area (TPSA) is 63.4 Å². The van der Waals surface area contributed by atoms with Gasteiger partial charge in [-0.3, -0.25) is 0 Å². The smallest absolute Gasteiger partial charge is 0.245 e. The van der Waals surface area contributed by atoms with Crippen molar-refractivity contribution in [1.82, 2.24) is 4.31 Å². The molecule has 0 heterocycles. The van der Waals surface area contributed by atoms with Gasteiger partial charge in [-0.05, 0) is 30.9 Å². The maximum Gasteiger partial charge on any atom is 0.245 e. The molecule has 7 heteroatoms. The number of halogens is 2. The Morgan fingerprint density at radius 1 is 1.33 bits per heavy atom. The molecule has 2 rings (SSSR count). The Morgan fingerprint density at radius 2 is 1.95 bits per heavy atom. The second-order valence-electron chi connectivity index (χ2n) is 5.60. The van der Waals surface area contributed by atoms with Crippen LogP contribution in [0.5, 0.6) is 0 Å². The normalized spacial score (nSPS) is 17.3. The number of hydrogen-bond donors (Lipinski definition) is 1. The SMILES string of the molecule is CN(CC1CCCCC1)S(=O)(=O)c1cc(Cl)cc(N)c1F. The predicted octanol–water partition coefficient (Wildman–Crippen LogP) is 3.26. The quantitative estimate of drug-likeness (QED) is 0.859. The van der Waals surface area contributed by atoms with E-state index in [4.69, 9.17) is 17.3 Å². The van der Waals surface area contributed by atoms with Gasteiger partial charge in [0.25, 0.3) is 0 Å². The summed E-state index contributed by atoms with van der Waals surface area (Å²) in [5, 5.41) is 0.110. The van der Waals surface area contributed by atoms with Gasteiger partial charge < -0.3 is 5.73 Å². The fourth-order valence-corrected chi connectivity index (χ4v) is 4.43. The molecule has 0 radical (unpaired) electrons. The zero-order valence-corrected chi connectivity index (χ0v) is 13.6. The van der Waals surface area contributed by atoms with Gasteiger partial charge in [0, 0.05) is 18.6 Å². The highest BCUT2D eigenvalue weighted by Crippen LogP contribution is 2.29. The Hall–Kier alpha value is -0.850. The fourth-order valence-electron chi connectivity index (χ4n) is 2.77. The number of hydrogen-bond acceptors (Lipinski definition) is 3.